The second kappa shape index (κ2) is 17.8. The van der Waals surface area contributed by atoms with E-state index in [1.165, 1.54) is 25.5 Å². The molecule has 11 heteroatoms. The minimum atomic E-state index is -0.915. The number of pyridine rings is 1. The molecule has 6 atom stereocenters. The first-order valence-corrected chi connectivity index (χ1v) is 18.1. The van der Waals surface area contributed by atoms with Gasteiger partial charge in [0.15, 0.2) is 11.6 Å². The Morgan fingerprint density at radius 3 is 2.27 bits per heavy atom. The molecule has 0 aromatic carbocycles. The van der Waals surface area contributed by atoms with Crippen LogP contribution in [0.5, 0.6) is 0 Å². The molecule has 2 aliphatic rings. The van der Waals surface area contributed by atoms with Crippen LogP contribution in [-0.2, 0) is 16.1 Å². The Bertz CT molecular complexity index is 1270. The van der Waals surface area contributed by atoms with E-state index >= 15 is 0 Å². The summed E-state index contributed by atoms with van der Waals surface area (Å²) in [5.74, 6) is -2.51. The average Bonchev–Trinajstić information content (AvgIpc) is 3.59. The normalized spacial score (nSPS) is 20.5. The zero-order valence-electron chi connectivity index (χ0n) is 30.3. The molecule has 1 unspecified atom stereocenters. The smallest absolute Gasteiger partial charge is 0.341 e. The van der Waals surface area contributed by atoms with E-state index in [2.05, 4.69) is 15.6 Å². The number of nitrogens with zero attached hydrogens (tertiary/aromatic N) is 1. The number of hydrogen-bond acceptors (Lipinski definition) is 10. The second-order valence-electron chi connectivity index (χ2n) is 15.4. The summed E-state index contributed by atoms with van der Waals surface area (Å²) in [6, 6.07) is -1.85. The van der Waals surface area contributed by atoms with Crippen molar-refractivity contribution >= 4 is 23.4 Å². The van der Waals surface area contributed by atoms with Crippen LogP contribution in [0.15, 0.2) is 6.20 Å². The summed E-state index contributed by atoms with van der Waals surface area (Å²) in [5.41, 5.74) is 11.7. The number of aliphatic hydroxyl groups is 1. The highest BCUT2D eigenvalue weighted by atomic mass is 16.6. The zero-order valence-corrected chi connectivity index (χ0v) is 30.3. The standard InChI is InChI=1S/C37H61N5O6/c1-8-22(4)32(39)35(46)42-20-28-31(36(47)48-37(5,6)7)30(34(45)27-15-12-16-40-27)25(19-41-28)33(44)24(21(2)3)18-29(43)26(38)17-23-13-10-9-11-14-23/h19,21-24,26-27,29,32,40,43H,8-18,20,38-39H2,1-7H3,(H,42,46)/t22-,24?,26-,27-,29-,32-/m0/s1. The Morgan fingerprint density at radius 1 is 1.04 bits per heavy atom. The Balaban J connectivity index is 2.07. The molecule has 1 amide bonds. The van der Waals surface area contributed by atoms with Crippen molar-refractivity contribution in [1.82, 2.24) is 15.6 Å². The fourth-order valence-corrected chi connectivity index (χ4v) is 6.84. The lowest BCUT2D eigenvalue weighted by atomic mass is 9.78. The van der Waals surface area contributed by atoms with Crippen molar-refractivity contribution in [2.75, 3.05) is 6.54 Å². The van der Waals surface area contributed by atoms with Gasteiger partial charge < -0.3 is 31.9 Å². The van der Waals surface area contributed by atoms with Crippen LogP contribution >= 0.6 is 0 Å². The molecule has 1 saturated heterocycles. The van der Waals surface area contributed by atoms with E-state index in [1.807, 2.05) is 27.7 Å². The number of carbonyl (C=O) groups is 4. The number of ether oxygens (including phenoxy) is 1. The summed E-state index contributed by atoms with van der Waals surface area (Å²) in [5, 5.41) is 17.2. The lowest BCUT2D eigenvalue weighted by Gasteiger charge is -2.30. The van der Waals surface area contributed by atoms with Crippen LogP contribution in [0.2, 0.25) is 0 Å². The number of nitrogens with one attached hydrogen (secondary N) is 2. The van der Waals surface area contributed by atoms with Crippen LogP contribution in [0.4, 0.5) is 0 Å². The van der Waals surface area contributed by atoms with Crippen molar-refractivity contribution in [3.05, 3.63) is 28.6 Å². The maximum absolute atomic E-state index is 14.5. The zero-order chi connectivity index (χ0) is 35.8. The van der Waals surface area contributed by atoms with Crippen LogP contribution < -0.4 is 22.1 Å². The van der Waals surface area contributed by atoms with Gasteiger partial charge in [0, 0.05) is 29.3 Å². The van der Waals surface area contributed by atoms with Crippen molar-refractivity contribution in [2.24, 2.45) is 35.1 Å². The molecule has 0 radical (unpaired) electrons. The van der Waals surface area contributed by atoms with E-state index in [9.17, 15) is 24.3 Å². The first-order valence-electron chi connectivity index (χ1n) is 18.1. The van der Waals surface area contributed by atoms with E-state index in [0.717, 1.165) is 19.3 Å². The van der Waals surface area contributed by atoms with Crippen LogP contribution in [0.1, 0.15) is 149 Å². The quantitative estimate of drug-likeness (QED) is 0.124. The summed E-state index contributed by atoms with van der Waals surface area (Å²) < 4.78 is 5.78. The van der Waals surface area contributed by atoms with E-state index < -0.39 is 53.4 Å². The van der Waals surface area contributed by atoms with E-state index in [0.29, 0.717) is 31.7 Å². The summed E-state index contributed by atoms with van der Waals surface area (Å²) >= 11 is 0. The van der Waals surface area contributed by atoms with Crippen molar-refractivity contribution in [3.63, 3.8) is 0 Å². The lowest BCUT2D eigenvalue weighted by molar-refractivity contribution is -0.123. The third-order valence-electron chi connectivity index (χ3n) is 10.1. The third-order valence-corrected chi connectivity index (χ3v) is 10.1. The number of aliphatic hydroxyl groups excluding tert-OH is 1. The van der Waals surface area contributed by atoms with Crippen LogP contribution in [0.3, 0.4) is 0 Å². The van der Waals surface area contributed by atoms with Crippen molar-refractivity contribution in [3.8, 4) is 0 Å². The van der Waals surface area contributed by atoms with Gasteiger partial charge in [0.05, 0.1) is 36.0 Å². The number of hydrogen-bond donors (Lipinski definition) is 5. The van der Waals surface area contributed by atoms with Gasteiger partial charge in [-0.2, -0.15) is 0 Å². The van der Waals surface area contributed by atoms with Crippen LogP contribution in [-0.4, -0.2) is 69.9 Å². The molecule has 2 fully saturated rings. The van der Waals surface area contributed by atoms with Crippen molar-refractivity contribution in [2.45, 2.75) is 149 Å². The van der Waals surface area contributed by atoms with Crippen molar-refractivity contribution < 1.29 is 29.0 Å². The van der Waals surface area contributed by atoms with Gasteiger partial charge in [-0.25, -0.2) is 4.79 Å². The molecule has 0 bridgehead atoms. The molecular formula is C37H61N5O6. The molecule has 1 aromatic heterocycles. The van der Waals surface area contributed by atoms with Gasteiger partial charge in [-0.05, 0) is 70.8 Å². The third kappa shape index (κ3) is 10.6. The van der Waals surface area contributed by atoms with E-state index in [1.54, 1.807) is 20.8 Å². The first-order chi connectivity index (χ1) is 22.5. The molecule has 1 aromatic rings. The Labute approximate surface area is 287 Å². The van der Waals surface area contributed by atoms with Crippen LogP contribution in [0, 0.1) is 23.7 Å². The number of carbonyl (C=O) groups excluding carboxylic acids is 4. The van der Waals surface area contributed by atoms with Gasteiger partial charge in [-0.3, -0.25) is 19.4 Å². The maximum Gasteiger partial charge on any atom is 0.341 e. The van der Waals surface area contributed by atoms with E-state index in [4.69, 9.17) is 16.2 Å². The molecule has 1 aliphatic heterocycles. The maximum atomic E-state index is 14.5. The Morgan fingerprint density at radius 2 is 1.71 bits per heavy atom. The summed E-state index contributed by atoms with van der Waals surface area (Å²) in [6.07, 6.45) is 9.02. The molecule has 7 N–H and O–H groups in total. The molecule has 270 valence electrons. The average molecular weight is 672 g/mol. The predicted molar refractivity (Wildman–Crippen MR) is 186 cm³/mol. The molecule has 0 spiro atoms. The largest absolute Gasteiger partial charge is 0.456 e. The Hall–Kier alpha value is -2.73. The second-order valence-corrected chi connectivity index (χ2v) is 15.4. The Kier molecular flexibility index (Phi) is 14.7. The number of esters is 1. The van der Waals surface area contributed by atoms with Gasteiger partial charge in [0.25, 0.3) is 0 Å². The van der Waals surface area contributed by atoms with E-state index in [-0.39, 0.29) is 53.0 Å². The number of rotatable bonds is 16. The number of nitrogens with two attached hydrogens (primary N) is 2. The minimum absolute atomic E-state index is 0.00712. The monoisotopic (exact) mass is 671 g/mol. The molecule has 1 saturated carbocycles. The minimum Gasteiger partial charge on any atom is -0.456 e. The van der Waals surface area contributed by atoms with Gasteiger partial charge in [0.2, 0.25) is 5.91 Å². The number of ketones is 2. The molecule has 1 aliphatic carbocycles. The van der Waals surface area contributed by atoms with Gasteiger partial charge in [0.1, 0.15) is 5.60 Å². The first kappa shape index (κ1) is 39.7. The molecule has 3 rings (SSSR count). The van der Waals surface area contributed by atoms with Gasteiger partial charge in [-0.15, -0.1) is 0 Å². The number of Topliss-reactive ketones (excluding diaryl/α,β-unsaturated/α-hetero) is 2. The fourth-order valence-electron chi connectivity index (χ4n) is 6.84. The molecule has 48 heavy (non-hydrogen) atoms. The number of aromatic nitrogens is 1. The number of amides is 1. The summed E-state index contributed by atoms with van der Waals surface area (Å²) in [7, 11) is 0. The van der Waals surface area contributed by atoms with Crippen molar-refractivity contribution in [1.29, 1.82) is 0 Å². The topological polar surface area (TPSA) is 187 Å². The van der Waals surface area contributed by atoms with Gasteiger partial charge in [-0.1, -0.05) is 66.2 Å². The lowest BCUT2D eigenvalue weighted by Crippen LogP contribution is -2.44. The molecule has 11 nitrogen and oxygen atoms in total. The van der Waals surface area contributed by atoms with Crippen LogP contribution in [0.25, 0.3) is 0 Å². The summed E-state index contributed by atoms with van der Waals surface area (Å²) in [6.45, 7) is 13.2. The predicted octanol–water partition coefficient (Wildman–Crippen LogP) is 4.46. The summed E-state index contributed by atoms with van der Waals surface area (Å²) in [4.78, 5) is 60.2. The fraction of sp³-hybridized carbons (Fsp3) is 0.757. The molecular weight excluding hydrogens is 610 g/mol. The highest BCUT2D eigenvalue weighted by molar-refractivity contribution is 6.16. The highest BCUT2D eigenvalue weighted by Gasteiger charge is 2.38. The molecule has 2 heterocycles. The highest BCUT2D eigenvalue weighted by Crippen LogP contribution is 2.32. The van der Waals surface area contributed by atoms with Gasteiger partial charge >= 0.3 is 5.97 Å². The SMILES string of the molecule is CC[C@H](C)[C@H](N)C(=O)NCc1ncc(C(=O)C(C[C@H](O)[C@@H](N)CC2CCCCC2)C(C)C)c(C(=O)[C@@H]2CCCN2)c1C(=O)OC(C)(C)C.